The normalized spacial score (nSPS) is 15.0. The van der Waals surface area contributed by atoms with Crippen LogP contribution in [0, 0.1) is 0 Å². The van der Waals surface area contributed by atoms with Gasteiger partial charge in [0.25, 0.3) is 0 Å². The monoisotopic (exact) mass is 2090 g/mol. The maximum absolute atomic E-state index is 11.2. The Morgan fingerprint density at radius 1 is 0.350 bits per heavy atom. The molecule has 3 rings (SSSR count). The van der Waals surface area contributed by atoms with E-state index < -0.39 is 38.4 Å². The molecule has 0 bridgehead atoms. The minimum absolute atomic E-state index is 0. The van der Waals surface area contributed by atoms with Crippen molar-refractivity contribution in [2.45, 2.75) is 631 Å². The van der Waals surface area contributed by atoms with Gasteiger partial charge in [-0.2, -0.15) is 0 Å². The molecule has 137 heavy (non-hydrogen) atoms. The number of rotatable bonds is 93. The van der Waals surface area contributed by atoms with Gasteiger partial charge in [0.2, 0.25) is 0 Å². The summed E-state index contributed by atoms with van der Waals surface area (Å²) in [5.41, 5.74) is 5.01. The number of aliphatic carboxylic acids is 3. The fraction of sp³-hybridized carbons (Fsp3) is 0.974. The van der Waals surface area contributed by atoms with Gasteiger partial charge in [-0.25, -0.2) is 0 Å². The molecule has 3 aliphatic heterocycles. The van der Waals surface area contributed by atoms with Crippen LogP contribution in [-0.2, 0) is 33.0 Å². The largest absolute Gasteiger partial charge is 1.00 e. The Hall–Kier alpha value is 0.207. The summed E-state index contributed by atoms with van der Waals surface area (Å²) in [4.78, 5) is 36.2. The van der Waals surface area contributed by atoms with Crippen molar-refractivity contribution in [2.24, 2.45) is 5.73 Å². The van der Waals surface area contributed by atoms with Gasteiger partial charge in [-0.15, -0.1) is 23.2 Å². The van der Waals surface area contributed by atoms with E-state index in [1.165, 1.54) is 397 Å². The molecule has 8 atom stereocenters. The van der Waals surface area contributed by atoms with Crippen LogP contribution in [0.4, 0.5) is 0 Å². The average Bonchev–Trinajstić information content (AvgIpc) is 1.03. The second-order valence-electron chi connectivity index (χ2n) is 41.7. The second-order valence-corrected chi connectivity index (χ2v) is 47.9. The van der Waals surface area contributed by atoms with Gasteiger partial charge in [-0.05, 0) is 108 Å². The Morgan fingerprint density at radius 3 is 0.774 bits per heavy atom. The minimum Gasteiger partial charge on any atom is -0.870 e. The van der Waals surface area contributed by atoms with Gasteiger partial charge in [0, 0.05) is 56.7 Å². The van der Waals surface area contributed by atoms with Crippen molar-refractivity contribution in [3.8, 4) is 0 Å². The van der Waals surface area contributed by atoms with Gasteiger partial charge in [0.05, 0.1) is 74.5 Å². The molecule has 822 valence electrons. The third-order valence-corrected chi connectivity index (χ3v) is 32.3. The molecule has 0 amide bonds. The fourth-order valence-electron chi connectivity index (χ4n) is 16.2. The zero-order valence-electron chi connectivity index (χ0n) is 93.1. The van der Waals surface area contributed by atoms with E-state index in [9.17, 15) is 39.9 Å². The number of hydrogen-bond acceptors (Lipinski definition) is 15. The van der Waals surface area contributed by atoms with Crippen LogP contribution in [0.3, 0.4) is 0 Å². The van der Waals surface area contributed by atoms with Crippen LogP contribution in [0.5, 0.6) is 0 Å². The SMILES string of the molecule is CCCCCCCCCBr.CCCCCCCCCCC1CO1.CCCCCCCCCC[C@@H](O)CCl.CCCCCCCCCC[C@@H](O)CN(CCCC(=O)O)C[C@@H](CCCCCCCCCC)O[Si](C)(C)C(C)(C)C.CCCCCCCCCC[C@@H](O)CN(CCCC(=O)O)C[C@H](O)CCCCCCCCCC.CCCCCCCCCC[C@@H]1CO1.ClC[C@H]1CO1.NCCCC(=O)O.[Na+].[OH-]. The molecule has 3 heterocycles. The summed E-state index contributed by atoms with van der Waals surface area (Å²) in [6.07, 6.45) is 93.4. The van der Waals surface area contributed by atoms with Crippen molar-refractivity contribution >= 4 is 65.4 Å². The molecule has 0 aromatic rings. The van der Waals surface area contributed by atoms with E-state index in [-0.39, 0.29) is 77.6 Å². The van der Waals surface area contributed by atoms with Crippen molar-refractivity contribution in [1.82, 2.24) is 9.80 Å². The number of halogens is 3. The smallest absolute Gasteiger partial charge is 0.870 e. The van der Waals surface area contributed by atoms with Gasteiger partial charge in [-0.3, -0.25) is 24.2 Å². The summed E-state index contributed by atoms with van der Waals surface area (Å²) in [5.74, 6) is -1.25. The zero-order chi connectivity index (χ0) is 101. The molecule has 23 heteroatoms. The molecule has 0 saturated carbocycles. The summed E-state index contributed by atoms with van der Waals surface area (Å²) in [6.45, 7) is 36.8. The number of carboxylic acids is 3. The number of carbonyl (C=O) groups is 3. The molecule has 10 N–H and O–H groups in total. The summed E-state index contributed by atoms with van der Waals surface area (Å²) in [6, 6.07) is 0. The number of epoxide rings is 3. The van der Waals surface area contributed by atoms with Crippen LogP contribution in [0.15, 0.2) is 0 Å². The van der Waals surface area contributed by atoms with Gasteiger partial charge >= 0.3 is 47.5 Å². The number of aliphatic hydroxyl groups excluding tert-OH is 4. The number of alkyl halides is 3. The van der Waals surface area contributed by atoms with E-state index in [0.717, 1.165) is 84.2 Å². The zero-order valence-corrected chi connectivity index (χ0v) is 99.2. The molecule has 3 saturated heterocycles. The van der Waals surface area contributed by atoms with Gasteiger partial charge < -0.3 is 65.6 Å². The summed E-state index contributed by atoms with van der Waals surface area (Å²) in [7, 11) is -1.94. The van der Waals surface area contributed by atoms with Crippen LogP contribution in [0.1, 0.15) is 564 Å². The van der Waals surface area contributed by atoms with Crippen molar-refractivity contribution in [3.63, 3.8) is 0 Å². The molecule has 0 spiro atoms. The van der Waals surface area contributed by atoms with Gasteiger partial charge in [-0.1, -0.05) is 490 Å². The first kappa shape index (κ1) is 150. The molecule has 18 nitrogen and oxygen atoms in total. The Balaban J connectivity index is -0.000000307. The molecule has 1 unspecified atom stereocenters. The molecular formula is C114H235BrCl2N3NaO15Si. The average molecular weight is 2090 g/mol. The Bertz CT molecular complexity index is 2250. The maximum Gasteiger partial charge on any atom is 1.00 e. The predicted octanol–water partition coefficient (Wildman–Crippen LogP) is 30.2. The Kier molecular flexibility index (Phi) is 131. The first-order valence-electron chi connectivity index (χ1n) is 57.9. The second kappa shape index (κ2) is 120. The maximum atomic E-state index is 11.2. The van der Waals surface area contributed by atoms with Crippen LogP contribution in [-0.4, -0.2) is 209 Å². The van der Waals surface area contributed by atoms with E-state index in [1.807, 2.05) is 0 Å². The van der Waals surface area contributed by atoms with Crippen molar-refractivity contribution < 1.29 is 104 Å². The predicted molar refractivity (Wildman–Crippen MR) is 594 cm³/mol. The summed E-state index contributed by atoms with van der Waals surface area (Å²) in [5, 5.41) is 68.6. The topological polar surface area (TPSA) is 302 Å². The van der Waals surface area contributed by atoms with Crippen LogP contribution in [0.25, 0.3) is 0 Å². The van der Waals surface area contributed by atoms with Gasteiger partial charge in [0.15, 0.2) is 8.32 Å². The molecule has 0 aromatic carbocycles. The molecule has 0 aromatic heterocycles. The van der Waals surface area contributed by atoms with E-state index in [2.05, 4.69) is 115 Å². The minimum atomic E-state index is -1.94. The third-order valence-electron chi connectivity index (χ3n) is 26.5. The standard InChI is InChI=1S/C34H71NO4Si.C28H57NO4.C12H25ClO.2C12H24O.C9H19Br.C4H9NO2.C3H5ClO.Na.H2O/c1-8-10-12-14-16-18-20-22-25-31(36)29-35(28-24-27-33(37)38)30-32(39-40(6,7)34(3,4)5)26-23-21-19-17-15-13-11-9-2;1-3-5-7-9-11-13-15-17-20-26(30)24-29(23-19-22-28(32)33)25-27(31)21-18-16-14-12-10-8-6-4-2;1-2-3-4-5-6-7-8-9-10-12(14)11-13;2*1-2-3-4-5-6-7-8-9-10-12-11-13-12;1-2-3-4-5-6-7-8-9-10;5-3-1-2-4(6)7;4-1-3-2-5-3;;/h31-32,36H,8-30H2,1-7H3,(H,37,38);26-27,30-31H,3-25H2,1-2H3,(H,32,33);12,14H,2-11H2,1H3;2*12H,2-11H2,1H3;2-9H2,1H3;1-3,5H2,(H,6,7);3H,1-2H2;;1H2/q;;;;;;;;+1;/p-1/t31-,32-;26-,27-;2*12-;;;;3-;;/m1111...0../s1. The quantitative estimate of drug-likeness (QED) is 0.0121. The van der Waals surface area contributed by atoms with E-state index in [0.29, 0.717) is 88.6 Å². The molecule has 0 aliphatic carbocycles. The molecule has 3 fully saturated rings. The van der Waals surface area contributed by atoms with Crippen molar-refractivity contribution in [1.29, 1.82) is 0 Å². The molecule has 0 radical (unpaired) electrons. The van der Waals surface area contributed by atoms with Crippen molar-refractivity contribution in [3.05, 3.63) is 0 Å². The van der Waals surface area contributed by atoms with E-state index in [4.69, 9.17) is 57.8 Å². The first-order chi connectivity index (χ1) is 65.2. The number of unbranched alkanes of at least 4 members (excludes halogenated alkanes) is 55. The number of carboxylic acid groups (broad SMARTS) is 3. The van der Waals surface area contributed by atoms with E-state index >= 15 is 0 Å². The van der Waals surface area contributed by atoms with Gasteiger partial charge in [0.1, 0.15) is 0 Å². The third kappa shape index (κ3) is 132. The number of ether oxygens (including phenoxy) is 3. The number of hydrogen-bond donors (Lipinski definition) is 8. The number of nitrogens with two attached hydrogens (primary N) is 1. The Labute approximate surface area is 891 Å². The number of nitrogens with zero attached hydrogens (tertiary/aromatic N) is 2. The van der Waals surface area contributed by atoms with Crippen LogP contribution < -0.4 is 35.3 Å². The Morgan fingerprint density at radius 2 is 0.569 bits per heavy atom. The number of aliphatic hydroxyl groups is 4. The summed E-state index contributed by atoms with van der Waals surface area (Å²) >= 11 is 14.2. The summed E-state index contributed by atoms with van der Waals surface area (Å²) < 4.78 is 22.0. The van der Waals surface area contributed by atoms with E-state index in [1.54, 1.807) is 0 Å². The van der Waals surface area contributed by atoms with Crippen LogP contribution in [0.2, 0.25) is 18.1 Å². The molecule has 3 aliphatic rings. The first-order valence-corrected chi connectivity index (χ1v) is 63.0. The van der Waals surface area contributed by atoms with Crippen LogP contribution >= 0.6 is 39.1 Å². The van der Waals surface area contributed by atoms with Crippen molar-refractivity contribution in [2.75, 3.05) is 82.7 Å². The molecular weight excluding hydrogens is 1850 g/mol. The fourth-order valence-corrected chi connectivity index (χ4v) is 18.3.